The van der Waals surface area contributed by atoms with Gasteiger partial charge in [0.25, 0.3) is 0 Å². The lowest BCUT2D eigenvalue weighted by Gasteiger charge is -2.13. The molecule has 19 heavy (non-hydrogen) atoms. The van der Waals surface area contributed by atoms with Crippen molar-refractivity contribution in [3.63, 3.8) is 0 Å². The molecule has 0 unspecified atom stereocenters. The molecule has 0 spiro atoms. The van der Waals surface area contributed by atoms with Gasteiger partial charge in [-0.05, 0) is 35.7 Å². The van der Waals surface area contributed by atoms with E-state index >= 15 is 0 Å². The number of carbonyl (C=O) groups is 2. The van der Waals surface area contributed by atoms with Gasteiger partial charge < -0.3 is 15.2 Å². The van der Waals surface area contributed by atoms with Gasteiger partial charge in [-0.15, -0.1) is 0 Å². The summed E-state index contributed by atoms with van der Waals surface area (Å²) in [6.07, 6.45) is 1.75. The minimum absolute atomic E-state index is 0.0210. The SMILES string of the molecule is O=C([O-])c1cc2ccccc2cc1NC(=O)C1CC1. The van der Waals surface area contributed by atoms with Gasteiger partial charge in [-0.2, -0.15) is 0 Å². The molecule has 1 saturated carbocycles. The highest BCUT2D eigenvalue weighted by Gasteiger charge is 2.30. The molecule has 4 heteroatoms. The molecule has 96 valence electrons. The van der Waals surface area contributed by atoms with Crippen LogP contribution in [0.2, 0.25) is 0 Å². The second-order valence-electron chi connectivity index (χ2n) is 4.80. The maximum atomic E-state index is 11.8. The number of carbonyl (C=O) groups excluding carboxylic acids is 2. The molecule has 0 saturated heterocycles. The van der Waals surface area contributed by atoms with Gasteiger partial charge in [0.05, 0.1) is 11.7 Å². The maximum Gasteiger partial charge on any atom is 0.227 e. The van der Waals surface area contributed by atoms with Crippen LogP contribution >= 0.6 is 0 Å². The van der Waals surface area contributed by atoms with Gasteiger partial charge in [0.15, 0.2) is 0 Å². The van der Waals surface area contributed by atoms with E-state index in [-0.39, 0.29) is 17.4 Å². The van der Waals surface area contributed by atoms with Crippen LogP contribution in [-0.4, -0.2) is 11.9 Å². The number of rotatable bonds is 3. The third-order valence-electron chi connectivity index (χ3n) is 3.31. The first-order valence-corrected chi connectivity index (χ1v) is 6.20. The topological polar surface area (TPSA) is 69.2 Å². The molecule has 1 N–H and O–H groups in total. The van der Waals surface area contributed by atoms with Gasteiger partial charge in [-0.1, -0.05) is 24.3 Å². The first kappa shape index (κ1) is 11.7. The highest BCUT2D eigenvalue weighted by Crippen LogP contribution is 2.31. The van der Waals surface area contributed by atoms with Crippen LogP contribution in [0.25, 0.3) is 10.8 Å². The van der Waals surface area contributed by atoms with E-state index in [9.17, 15) is 14.7 Å². The molecule has 0 aromatic heterocycles. The van der Waals surface area contributed by atoms with Crippen LogP contribution in [0, 0.1) is 5.92 Å². The number of carboxylic acids is 1. The molecule has 3 rings (SSSR count). The first-order chi connectivity index (χ1) is 9.15. The maximum absolute atomic E-state index is 11.8. The largest absolute Gasteiger partial charge is 0.545 e. The average Bonchev–Trinajstić information content (AvgIpc) is 3.22. The summed E-state index contributed by atoms with van der Waals surface area (Å²) in [7, 11) is 0. The number of hydrogen-bond donors (Lipinski definition) is 1. The Morgan fingerprint density at radius 2 is 1.74 bits per heavy atom. The summed E-state index contributed by atoms with van der Waals surface area (Å²) in [5.74, 6) is -1.37. The molecule has 0 aliphatic heterocycles. The predicted octanol–water partition coefficient (Wildman–Crippen LogP) is 1.55. The quantitative estimate of drug-likeness (QED) is 0.903. The number of fused-ring (bicyclic) bond motifs is 1. The number of carboxylic acid groups (broad SMARTS) is 1. The van der Waals surface area contributed by atoms with Crippen molar-refractivity contribution in [2.45, 2.75) is 12.8 Å². The second kappa shape index (κ2) is 4.39. The van der Waals surface area contributed by atoms with Crippen LogP contribution in [0.1, 0.15) is 23.2 Å². The lowest BCUT2D eigenvalue weighted by molar-refractivity contribution is -0.254. The fourth-order valence-corrected chi connectivity index (χ4v) is 2.09. The Bertz CT molecular complexity index is 674. The molecular formula is C15H12NO3-. The van der Waals surface area contributed by atoms with Crippen molar-refractivity contribution in [3.05, 3.63) is 42.0 Å². The molecule has 0 heterocycles. The van der Waals surface area contributed by atoms with Crippen LogP contribution < -0.4 is 10.4 Å². The molecule has 4 nitrogen and oxygen atoms in total. The van der Waals surface area contributed by atoms with Crippen LogP contribution in [0.15, 0.2) is 36.4 Å². The zero-order chi connectivity index (χ0) is 13.4. The Hall–Kier alpha value is -2.36. The van der Waals surface area contributed by atoms with E-state index in [1.807, 2.05) is 24.3 Å². The van der Waals surface area contributed by atoms with Gasteiger partial charge in [-0.25, -0.2) is 0 Å². The predicted molar refractivity (Wildman–Crippen MR) is 69.6 cm³/mol. The van der Waals surface area contributed by atoms with E-state index in [4.69, 9.17) is 0 Å². The van der Waals surface area contributed by atoms with Crippen molar-refractivity contribution in [2.75, 3.05) is 5.32 Å². The molecule has 2 aromatic carbocycles. The molecule has 1 aliphatic rings. The summed E-state index contributed by atoms with van der Waals surface area (Å²) < 4.78 is 0. The molecular weight excluding hydrogens is 242 g/mol. The third kappa shape index (κ3) is 2.29. The smallest absolute Gasteiger partial charge is 0.227 e. The summed E-state index contributed by atoms with van der Waals surface area (Å²) in [6.45, 7) is 0. The van der Waals surface area contributed by atoms with Gasteiger partial charge in [0.2, 0.25) is 5.91 Å². The van der Waals surface area contributed by atoms with E-state index < -0.39 is 5.97 Å². The van der Waals surface area contributed by atoms with Crippen LogP contribution in [0.3, 0.4) is 0 Å². The van der Waals surface area contributed by atoms with Crippen molar-refractivity contribution >= 4 is 28.3 Å². The van der Waals surface area contributed by atoms with Crippen molar-refractivity contribution in [1.29, 1.82) is 0 Å². The average molecular weight is 254 g/mol. The Balaban J connectivity index is 2.06. The first-order valence-electron chi connectivity index (χ1n) is 6.20. The van der Waals surface area contributed by atoms with Crippen molar-refractivity contribution < 1.29 is 14.7 Å². The van der Waals surface area contributed by atoms with Gasteiger partial charge in [-0.3, -0.25) is 4.79 Å². The van der Waals surface area contributed by atoms with Gasteiger partial charge in [0, 0.05) is 11.5 Å². The van der Waals surface area contributed by atoms with E-state index in [1.165, 1.54) is 6.07 Å². The molecule has 2 aromatic rings. The summed E-state index contributed by atoms with van der Waals surface area (Å²) >= 11 is 0. The summed E-state index contributed by atoms with van der Waals surface area (Å²) in [4.78, 5) is 22.9. The third-order valence-corrected chi connectivity index (χ3v) is 3.31. The fraction of sp³-hybridized carbons (Fsp3) is 0.200. The highest BCUT2D eigenvalue weighted by atomic mass is 16.4. The van der Waals surface area contributed by atoms with Crippen molar-refractivity contribution in [1.82, 2.24) is 0 Å². The van der Waals surface area contributed by atoms with Gasteiger partial charge >= 0.3 is 0 Å². The minimum Gasteiger partial charge on any atom is -0.545 e. The normalized spacial score (nSPS) is 14.3. The number of nitrogens with one attached hydrogen (secondary N) is 1. The molecule has 1 aliphatic carbocycles. The van der Waals surface area contributed by atoms with E-state index in [2.05, 4.69) is 5.32 Å². The minimum atomic E-state index is -1.28. The lowest BCUT2D eigenvalue weighted by Crippen LogP contribution is -2.25. The number of hydrogen-bond acceptors (Lipinski definition) is 3. The molecule has 1 fully saturated rings. The number of anilines is 1. The Morgan fingerprint density at radius 3 is 2.32 bits per heavy atom. The van der Waals surface area contributed by atoms with Crippen LogP contribution in [0.4, 0.5) is 5.69 Å². The summed E-state index contributed by atoms with van der Waals surface area (Å²) in [6, 6.07) is 10.6. The standard InChI is InChI=1S/C15H13NO3/c17-14(9-5-6-9)16-13-8-11-4-2-1-3-10(11)7-12(13)15(18)19/h1-4,7-9H,5-6H2,(H,16,17)(H,18,19)/p-1. The van der Waals surface area contributed by atoms with Gasteiger partial charge in [0.1, 0.15) is 0 Å². The van der Waals surface area contributed by atoms with Crippen molar-refractivity contribution in [2.24, 2.45) is 5.92 Å². The molecule has 0 bridgehead atoms. The Kier molecular flexibility index (Phi) is 2.71. The molecule has 1 amide bonds. The van der Waals surface area contributed by atoms with Crippen LogP contribution in [-0.2, 0) is 4.79 Å². The number of amides is 1. The summed E-state index contributed by atoms with van der Waals surface area (Å²) in [5.41, 5.74) is 0.336. The van der Waals surface area contributed by atoms with E-state index in [0.717, 1.165) is 23.6 Å². The number of aromatic carboxylic acids is 1. The second-order valence-corrected chi connectivity index (χ2v) is 4.80. The zero-order valence-electron chi connectivity index (χ0n) is 10.2. The number of benzene rings is 2. The molecule has 0 atom stereocenters. The van der Waals surface area contributed by atoms with Crippen molar-refractivity contribution in [3.8, 4) is 0 Å². The lowest BCUT2D eigenvalue weighted by atomic mass is 10.0. The summed E-state index contributed by atoms with van der Waals surface area (Å²) in [5, 5.41) is 15.6. The molecule has 0 radical (unpaired) electrons. The Labute approximate surface area is 110 Å². The fourth-order valence-electron chi connectivity index (χ4n) is 2.09. The Morgan fingerprint density at radius 1 is 1.11 bits per heavy atom. The zero-order valence-corrected chi connectivity index (χ0v) is 10.2. The highest BCUT2D eigenvalue weighted by molar-refractivity contribution is 6.05. The van der Waals surface area contributed by atoms with E-state index in [0.29, 0.717) is 5.69 Å². The van der Waals surface area contributed by atoms with E-state index in [1.54, 1.807) is 6.07 Å². The van der Waals surface area contributed by atoms with Crippen LogP contribution in [0.5, 0.6) is 0 Å². The monoisotopic (exact) mass is 254 g/mol.